The lowest BCUT2D eigenvalue weighted by molar-refractivity contribution is -0.286. The van der Waals surface area contributed by atoms with E-state index in [0.29, 0.717) is 5.56 Å². The van der Waals surface area contributed by atoms with Crippen molar-refractivity contribution >= 4 is 0 Å². The van der Waals surface area contributed by atoms with E-state index in [1.165, 1.54) is 18.2 Å². The van der Waals surface area contributed by atoms with Crippen molar-refractivity contribution in [3.63, 3.8) is 0 Å². The van der Waals surface area contributed by atoms with Crippen LogP contribution in [0.25, 0.3) is 0 Å². The second-order valence-electron chi connectivity index (χ2n) is 3.83. The fraction of sp³-hybridized carbons (Fsp3) is 0.417. The molecule has 19 heavy (non-hydrogen) atoms. The lowest BCUT2D eigenvalue weighted by Gasteiger charge is -2.16. The number of halogens is 2. The van der Waals surface area contributed by atoms with E-state index in [1.807, 2.05) is 6.07 Å². The van der Waals surface area contributed by atoms with Gasteiger partial charge >= 0.3 is 6.29 Å². The van der Waals surface area contributed by atoms with E-state index in [9.17, 15) is 13.9 Å². The highest BCUT2D eigenvalue weighted by molar-refractivity contribution is 5.47. The Labute approximate surface area is 107 Å². The van der Waals surface area contributed by atoms with Crippen LogP contribution in [-0.2, 0) is 4.74 Å². The zero-order valence-electron chi connectivity index (χ0n) is 9.97. The minimum Gasteiger partial charge on any atom is -0.395 e. The summed E-state index contributed by atoms with van der Waals surface area (Å²) >= 11 is 0. The van der Waals surface area contributed by atoms with Crippen molar-refractivity contribution in [2.75, 3.05) is 6.61 Å². The van der Waals surface area contributed by atoms with Crippen molar-refractivity contribution in [1.82, 2.24) is 0 Å². The van der Waals surface area contributed by atoms with E-state index in [1.54, 1.807) is 6.92 Å². The number of fused-ring (bicyclic) bond motifs is 1. The van der Waals surface area contributed by atoms with E-state index in [4.69, 9.17) is 10.00 Å². The summed E-state index contributed by atoms with van der Waals surface area (Å²) in [5, 5.41) is 18.7. The number of benzene rings is 1. The molecule has 0 fully saturated rings. The van der Waals surface area contributed by atoms with E-state index in [-0.39, 0.29) is 18.1 Å². The van der Waals surface area contributed by atoms with Crippen LogP contribution in [0, 0.1) is 11.3 Å². The molecule has 1 heterocycles. The molecule has 1 N–H and O–H groups in total. The van der Waals surface area contributed by atoms with Crippen molar-refractivity contribution in [1.29, 1.82) is 5.26 Å². The molecule has 0 saturated heterocycles. The Morgan fingerprint density at radius 2 is 2.11 bits per heavy atom. The van der Waals surface area contributed by atoms with Crippen molar-refractivity contribution in [2.45, 2.75) is 25.4 Å². The lowest BCUT2D eigenvalue weighted by atomic mass is 9.99. The largest absolute Gasteiger partial charge is 0.586 e. The second kappa shape index (κ2) is 4.99. The summed E-state index contributed by atoms with van der Waals surface area (Å²) in [6, 6.07) is 5.75. The first kappa shape index (κ1) is 13.5. The van der Waals surface area contributed by atoms with Gasteiger partial charge in [0.2, 0.25) is 0 Å². The summed E-state index contributed by atoms with van der Waals surface area (Å²) < 4.78 is 39.1. The molecule has 0 radical (unpaired) electrons. The molecule has 1 aromatic rings. The maximum Gasteiger partial charge on any atom is 0.586 e. The van der Waals surface area contributed by atoms with Crippen LogP contribution < -0.4 is 9.47 Å². The Balaban J connectivity index is 2.26. The van der Waals surface area contributed by atoms with E-state index >= 15 is 0 Å². The molecule has 1 aromatic carbocycles. The van der Waals surface area contributed by atoms with Gasteiger partial charge in [-0.05, 0) is 24.6 Å². The number of rotatable bonds is 4. The number of nitrogens with zero attached hydrogens (tertiary/aromatic N) is 1. The topological polar surface area (TPSA) is 71.7 Å². The number of hydrogen-bond donors (Lipinski definition) is 1. The standard InChI is InChI=1S/C12H11F2NO4/c1-2-17-11(16)8(6-15)7-3-4-9-10(5-7)19-12(13,14)18-9/h3-5,8,11,16H,2H2,1H3. The quantitative estimate of drug-likeness (QED) is 0.848. The molecule has 2 rings (SSSR count). The molecule has 0 bridgehead atoms. The van der Waals surface area contributed by atoms with Gasteiger partial charge in [0, 0.05) is 6.61 Å². The normalized spacial score (nSPS) is 18.7. The van der Waals surface area contributed by atoms with E-state index in [2.05, 4.69) is 9.47 Å². The predicted octanol–water partition coefficient (Wildman–Crippen LogP) is 1.97. The number of alkyl halides is 2. The van der Waals surface area contributed by atoms with Crippen LogP contribution in [0.3, 0.4) is 0 Å². The maximum absolute atomic E-state index is 12.8. The Hall–Kier alpha value is -1.91. The van der Waals surface area contributed by atoms with Crippen molar-refractivity contribution in [3.05, 3.63) is 23.8 Å². The zero-order valence-corrected chi connectivity index (χ0v) is 9.97. The summed E-state index contributed by atoms with van der Waals surface area (Å²) in [5.74, 6) is -1.29. The van der Waals surface area contributed by atoms with Gasteiger partial charge in [0.15, 0.2) is 17.8 Å². The molecule has 5 nitrogen and oxygen atoms in total. The Bertz CT molecular complexity index is 515. The summed E-state index contributed by atoms with van der Waals surface area (Å²) in [6.45, 7) is 1.89. The first-order chi connectivity index (χ1) is 8.96. The Kier molecular flexibility index (Phi) is 3.55. The van der Waals surface area contributed by atoms with Gasteiger partial charge in [-0.2, -0.15) is 5.26 Å². The van der Waals surface area contributed by atoms with Gasteiger partial charge in [-0.15, -0.1) is 8.78 Å². The summed E-state index contributed by atoms with van der Waals surface area (Å²) in [4.78, 5) is 0. The highest BCUT2D eigenvalue weighted by Gasteiger charge is 2.43. The van der Waals surface area contributed by atoms with Gasteiger partial charge in [0.25, 0.3) is 0 Å². The van der Waals surface area contributed by atoms with Crippen LogP contribution in [-0.4, -0.2) is 24.3 Å². The molecular formula is C12H11F2NO4. The van der Waals surface area contributed by atoms with Crippen molar-refractivity contribution < 1.29 is 28.1 Å². The van der Waals surface area contributed by atoms with Gasteiger partial charge in [-0.3, -0.25) is 0 Å². The first-order valence-corrected chi connectivity index (χ1v) is 5.56. The molecule has 2 unspecified atom stereocenters. The Morgan fingerprint density at radius 1 is 1.42 bits per heavy atom. The summed E-state index contributed by atoms with van der Waals surface area (Å²) in [7, 11) is 0. The third kappa shape index (κ3) is 2.75. The molecule has 0 aliphatic carbocycles. The number of aliphatic hydroxyl groups is 1. The van der Waals surface area contributed by atoms with Crippen LogP contribution in [0.15, 0.2) is 18.2 Å². The van der Waals surface area contributed by atoms with Crippen LogP contribution in [0.4, 0.5) is 8.78 Å². The van der Waals surface area contributed by atoms with Crippen LogP contribution >= 0.6 is 0 Å². The van der Waals surface area contributed by atoms with Crippen molar-refractivity contribution in [3.8, 4) is 17.6 Å². The fourth-order valence-electron chi connectivity index (χ4n) is 1.73. The third-order valence-corrected chi connectivity index (χ3v) is 2.55. The smallest absolute Gasteiger partial charge is 0.395 e. The number of aliphatic hydroxyl groups excluding tert-OH is 1. The first-order valence-electron chi connectivity index (χ1n) is 5.56. The highest BCUT2D eigenvalue weighted by atomic mass is 19.3. The second-order valence-corrected chi connectivity index (χ2v) is 3.83. The van der Waals surface area contributed by atoms with Gasteiger partial charge < -0.3 is 19.3 Å². The van der Waals surface area contributed by atoms with E-state index < -0.39 is 18.5 Å². The molecule has 0 amide bonds. The molecule has 2 atom stereocenters. The number of ether oxygens (including phenoxy) is 3. The minimum atomic E-state index is -3.71. The van der Waals surface area contributed by atoms with Gasteiger partial charge in [0.1, 0.15) is 5.92 Å². The van der Waals surface area contributed by atoms with Crippen LogP contribution in [0.5, 0.6) is 11.5 Å². The number of nitriles is 1. The fourth-order valence-corrected chi connectivity index (χ4v) is 1.73. The zero-order chi connectivity index (χ0) is 14.0. The van der Waals surface area contributed by atoms with Crippen molar-refractivity contribution in [2.24, 2.45) is 0 Å². The molecule has 1 aliphatic heterocycles. The molecule has 0 spiro atoms. The highest BCUT2D eigenvalue weighted by Crippen LogP contribution is 2.42. The number of hydrogen-bond acceptors (Lipinski definition) is 5. The van der Waals surface area contributed by atoms with Gasteiger partial charge in [-0.1, -0.05) is 6.07 Å². The molecule has 0 aromatic heterocycles. The molecule has 102 valence electrons. The molecular weight excluding hydrogens is 260 g/mol. The molecule has 1 aliphatic rings. The maximum atomic E-state index is 12.8. The monoisotopic (exact) mass is 271 g/mol. The van der Waals surface area contributed by atoms with Gasteiger partial charge in [-0.25, -0.2) is 0 Å². The third-order valence-electron chi connectivity index (χ3n) is 2.55. The van der Waals surface area contributed by atoms with Crippen LogP contribution in [0.1, 0.15) is 18.4 Å². The lowest BCUT2D eigenvalue weighted by Crippen LogP contribution is -2.26. The van der Waals surface area contributed by atoms with E-state index in [0.717, 1.165) is 0 Å². The molecule has 7 heteroatoms. The molecule has 0 saturated carbocycles. The average molecular weight is 271 g/mol. The van der Waals surface area contributed by atoms with Gasteiger partial charge in [0.05, 0.1) is 6.07 Å². The predicted molar refractivity (Wildman–Crippen MR) is 58.6 cm³/mol. The van der Waals surface area contributed by atoms with Crippen LogP contribution in [0.2, 0.25) is 0 Å². The average Bonchev–Trinajstić information content (AvgIpc) is 2.63. The minimum absolute atomic E-state index is 0.115. The summed E-state index contributed by atoms with van der Waals surface area (Å²) in [5.41, 5.74) is 0.309. The SMILES string of the molecule is CCOC(O)C(C#N)c1ccc2c(c1)OC(F)(F)O2. The Morgan fingerprint density at radius 3 is 2.74 bits per heavy atom. The summed E-state index contributed by atoms with van der Waals surface area (Å²) in [6.07, 6.45) is -5.04.